The summed E-state index contributed by atoms with van der Waals surface area (Å²) in [4.78, 5) is 12.1. The van der Waals surface area contributed by atoms with Crippen molar-refractivity contribution in [1.29, 1.82) is 0 Å². The SMILES string of the molecule is O=C(NCCOCCO)c1ccc(Br)s1. The number of rotatable bonds is 6. The highest BCUT2D eigenvalue weighted by molar-refractivity contribution is 9.11. The summed E-state index contributed by atoms with van der Waals surface area (Å²) in [6.07, 6.45) is 0. The van der Waals surface area contributed by atoms with Crippen molar-refractivity contribution < 1.29 is 14.6 Å². The Balaban J connectivity index is 2.19. The number of thiophene rings is 1. The molecule has 1 aromatic heterocycles. The van der Waals surface area contributed by atoms with Crippen LogP contribution in [-0.4, -0.2) is 37.4 Å². The van der Waals surface area contributed by atoms with Gasteiger partial charge in [-0.3, -0.25) is 4.79 Å². The third kappa shape index (κ3) is 4.74. The molecule has 0 spiro atoms. The molecule has 0 fully saturated rings. The highest BCUT2D eigenvalue weighted by Gasteiger charge is 2.06. The first-order valence-electron chi connectivity index (χ1n) is 4.46. The lowest BCUT2D eigenvalue weighted by Gasteiger charge is -2.03. The fraction of sp³-hybridized carbons (Fsp3) is 0.444. The number of hydrogen-bond donors (Lipinski definition) is 2. The Morgan fingerprint density at radius 3 is 2.93 bits per heavy atom. The van der Waals surface area contributed by atoms with Gasteiger partial charge in [0.2, 0.25) is 0 Å². The minimum absolute atomic E-state index is 0.00577. The van der Waals surface area contributed by atoms with Crippen molar-refractivity contribution in [1.82, 2.24) is 5.32 Å². The van der Waals surface area contributed by atoms with E-state index in [1.807, 2.05) is 6.07 Å². The Kier molecular flexibility index (Phi) is 5.85. The van der Waals surface area contributed by atoms with Gasteiger partial charge in [0.1, 0.15) is 0 Å². The molecule has 0 saturated heterocycles. The molecular formula is C9H12BrNO3S. The summed E-state index contributed by atoms with van der Waals surface area (Å²) in [5.74, 6) is -0.0988. The molecule has 1 heterocycles. The summed E-state index contributed by atoms with van der Waals surface area (Å²) < 4.78 is 5.94. The predicted molar refractivity (Wildman–Crippen MR) is 62.3 cm³/mol. The number of amides is 1. The maximum Gasteiger partial charge on any atom is 0.261 e. The summed E-state index contributed by atoms with van der Waals surface area (Å²) in [6.45, 7) is 1.18. The average Bonchev–Trinajstić information content (AvgIpc) is 2.64. The van der Waals surface area contributed by atoms with Crippen LogP contribution in [0.2, 0.25) is 0 Å². The van der Waals surface area contributed by atoms with E-state index in [0.29, 0.717) is 24.6 Å². The molecule has 15 heavy (non-hydrogen) atoms. The fourth-order valence-electron chi connectivity index (χ4n) is 0.927. The smallest absolute Gasteiger partial charge is 0.261 e. The van der Waals surface area contributed by atoms with Crippen LogP contribution in [0.5, 0.6) is 0 Å². The zero-order chi connectivity index (χ0) is 11.1. The van der Waals surface area contributed by atoms with Gasteiger partial charge in [-0.2, -0.15) is 0 Å². The molecule has 0 aromatic carbocycles. The second-order valence-electron chi connectivity index (χ2n) is 2.70. The van der Waals surface area contributed by atoms with Crippen LogP contribution in [0.1, 0.15) is 9.67 Å². The lowest BCUT2D eigenvalue weighted by Crippen LogP contribution is -2.26. The van der Waals surface area contributed by atoms with Gasteiger partial charge < -0.3 is 15.2 Å². The van der Waals surface area contributed by atoms with Crippen molar-refractivity contribution in [2.75, 3.05) is 26.4 Å². The molecule has 6 heteroatoms. The minimum atomic E-state index is -0.0988. The van der Waals surface area contributed by atoms with Crippen LogP contribution in [-0.2, 0) is 4.74 Å². The van der Waals surface area contributed by atoms with Crippen molar-refractivity contribution >= 4 is 33.2 Å². The second kappa shape index (κ2) is 6.95. The largest absolute Gasteiger partial charge is 0.394 e. The Bertz CT molecular complexity index is 316. The number of halogens is 1. The lowest BCUT2D eigenvalue weighted by molar-refractivity contribution is 0.0840. The molecule has 0 atom stereocenters. The number of ether oxygens (including phenoxy) is 1. The van der Waals surface area contributed by atoms with E-state index in [4.69, 9.17) is 9.84 Å². The van der Waals surface area contributed by atoms with Gasteiger partial charge in [-0.25, -0.2) is 0 Å². The van der Waals surface area contributed by atoms with E-state index >= 15 is 0 Å². The monoisotopic (exact) mass is 293 g/mol. The van der Waals surface area contributed by atoms with Crippen molar-refractivity contribution in [3.8, 4) is 0 Å². The zero-order valence-electron chi connectivity index (χ0n) is 8.03. The Labute approximate surface area is 100 Å². The molecule has 1 rings (SSSR count). The first-order chi connectivity index (χ1) is 7.24. The summed E-state index contributed by atoms with van der Waals surface area (Å²) in [5.41, 5.74) is 0. The molecule has 84 valence electrons. The van der Waals surface area contributed by atoms with E-state index in [2.05, 4.69) is 21.2 Å². The molecule has 4 nitrogen and oxygen atoms in total. The molecule has 2 N–H and O–H groups in total. The van der Waals surface area contributed by atoms with Gasteiger partial charge in [0.15, 0.2) is 0 Å². The Morgan fingerprint density at radius 1 is 1.53 bits per heavy atom. The van der Waals surface area contributed by atoms with Gasteiger partial charge in [0.25, 0.3) is 5.91 Å². The zero-order valence-corrected chi connectivity index (χ0v) is 10.4. The fourth-order valence-corrected chi connectivity index (χ4v) is 2.23. The summed E-state index contributed by atoms with van der Waals surface area (Å²) in [5, 5.41) is 11.2. The molecule has 0 aliphatic heterocycles. The summed E-state index contributed by atoms with van der Waals surface area (Å²) >= 11 is 4.68. The van der Waals surface area contributed by atoms with Crippen LogP contribution < -0.4 is 5.32 Å². The van der Waals surface area contributed by atoms with Gasteiger partial charge in [-0.05, 0) is 28.1 Å². The van der Waals surface area contributed by atoms with Gasteiger partial charge in [-0.15, -0.1) is 11.3 Å². The molecule has 0 aliphatic carbocycles. The van der Waals surface area contributed by atoms with Crippen LogP contribution in [0.15, 0.2) is 15.9 Å². The maximum absolute atomic E-state index is 11.5. The maximum atomic E-state index is 11.5. The second-order valence-corrected chi connectivity index (χ2v) is 5.16. The standard InChI is InChI=1S/C9H12BrNO3S/c10-8-2-1-7(15-8)9(13)11-3-5-14-6-4-12/h1-2,12H,3-6H2,(H,11,13). The van der Waals surface area contributed by atoms with Crippen molar-refractivity contribution in [3.05, 3.63) is 20.8 Å². The van der Waals surface area contributed by atoms with Crippen LogP contribution in [0, 0.1) is 0 Å². The van der Waals surface area contributed by atoms with Crippen molar-refractivity contribution in [2.24, 2.45) is 0 Å². The van der Waals surface area contributed by atoms with Crippen LogP contribution in [0.25, 0.3) is 0 Å². The van der Waals surface area contributed by atoms with Gasteiger partial charge in [0.05, 0.1) is 28.5 Å². The molecule has 0 bridgehead atoms. The number of nitrogens with one attached hydrogen (secondary N) is 1. The average molecular weight is 294 g/mol. The van der Waals surface area contributed by atoms with Crippen molar-refractivity contribution in [3.63, 3.8) is 0 Å². The molecule has 1 amide bonds. The molecule has 0 aliphatic rings. The summed E-state index contributed by atoms with van der Waals surface area (Å²) in [6, 6.07) is 3.60. The number of aliphatic hydroxyl groups excluding tert-OH is 1. The molecular weight excluding hydrogens is 282 g/mol. The first-order valence-corrected chi connectivity index (χ1v) is 6.07. The van der Waals surface area contributed by atoms with Crippen LogP contribution in [0.3, 0.4) is 0 Å². The van der Waals surface area contributed by atoms with E-state index in [9.17, 15) is 4.79 Å². The number of hydrogen-bond acceptors (Lipinski definition) is 4. The third-order valence-corrected chi connectivity index (χ3v) is 3.19. The van der Waals surface area contributed by atoms with Crippen molar-refractivity contribution in [2.45, 2.75) is 0 Å². The first kappa shape index (κ1) is 12.6. The van der Waals surface area contributed by atoms with E-state index in [0.717, 1.165) is 3.79 Å². The predicted octanol–water partition coefficient (Wildman–Crippen LogP) is 1.25. The number of carbonyl (C=O) groups is 1. The highest BCUT2D eigenvalue weighted by Crippen LogP contribution is 2.21. The molecule has 0 radical (unpaired) electrons. The number of carbonyl (C=O) groups excluding carboxylic acids is 1. The van der Waals surface area contributed by atoms with Crippen LogP contribution in [0.4, 0.5) is 0 Å². The van der Waals surface area contributed by atoms with E-state index in [1.165, 1.54) is 11.3 Å². The topological polar surface area (TPSA) is 58.6 Å². The van der Waals surface area contributed by atoms with Crippen LogP contribution >= 0.6 is 27.3 Å². The van der Waals surface area contributed by atoms with E-state index in [1.54, 1.807) is 6.07 Å². The molecule has 1 aromatic rings. The van der Waals surface area contributed by atoms with Gasteiger partial charge >= 0.3 is 0 Å². The summed E-state index contributed by atoms with van der Waals surface area (Å²) in [7, 11) is 0. The highest BCUT2D eigenvalue weighted by atomic mass is 79.9. The molecule has 0 unspecified atom stereocenters. The quantitative estimate of drug-likeness (QED) is 0.776. The van der Waals surface area contributed by atoms with E-state index in [-0.39, 0.29) is 12.5 Å². The minimum Gasteiger partial charge on any atom is -0.394 e. The third-order valence-electron chi connectivity index (χ3n) is 1.56. The molecule has 0 saturated carbocycles. The lowest BCUT2D eigenvalue weighted by atomic mass is 10.4. The van der Waals surface area contributed by atoms with Gasteiger partial charge in [-0.1, -0.05) is 0 Å². The Morgan fingerprint density at radius 2 is 2.33 bits per heavy atom. The normalized spacial score (nSPS) is 10.3. The van der Waals surface area contributed by atoms with E-state index < -0.39 is 0 Å². The van der Waals surface area contributed by atoms with Gasteiger partial charge in [0, 0.05) is 6.54 Å². The number of aliphatic hydroxyl groups is 1. The Hall–Kier alpha value is -0.430.